The normalized spacial score (nSPS) is 11.9. The van der Waals surface area contributed by atoms with E-state index in [0.717, 1.165) is 11.1 Å². The Morgan fingerprint density at radius 3 is 2.41 bits per heavy atom. The van der Waals surface area contributed by atoms with E-state index in [-0.39, 0.29) is 17.9 Å². The highest BCUT2D eigenvalue weighted by Gasteiger charge is 2.23. The second-order valence-corrected chi connectivity index (χ2v) is 8.10. The number of carbonyl (C=O) groups is 1. The summed E-state index contributed by atoms with van der Waals surface area (Å²) in [5, 5.41) is 4.11. The van der Waals surface area contributed by atoms with Gasteiger partial charge in [0.1, 0.15) is 0 Å². The van der Waals surface area contributed by atoms with Gasteiger partial charge in [0, 0.05) is 24.9 Å². The Labute approximate surface area is 189 Å². The molecular formula is C25H31N3O4. The third-order valence-electron chi connectivity index (χ3n) is 5.33. The molecule has 0 bridgehead atoms. The van der Waals surface area contributed by atoms with Crippen LogP contribution in [0, 0.1) is 5.92 Å². The van der Waals surface area contributed by atoms with Crippen molar-refractivity contribution in [3.63, 3.8) is 0 Å². The molecule has 1 amide bonds. The minimum absolute atomic E-state index is 0.0457. The number of hydrogen-bond acceptors (Lipinski definition) is 6. The van der Waals surface area contributed by atoms with Crippen LogP contribution in [0.5, 0.6) is 11.5 Å². The first-order valence-electron chi connectivity index (χ1n) is 10.8. The van der Waals surface area contributed by atoms with Crippen LogP contribution in [-0.4, -0.2) is 41.7 Å². The molecule has 3 aromatic rings. The molecule has 0 aliphatic rings. The fraction of sp³-hybridized carbons (Fsp3) is 0.400. The quantitative estimate of drug-likeness (QED) is 0.447. The molecule has 1 heterocycles. The summed E-state index contributed by atoms with van der Waals surface area (Å²) in [6, 6.07) is 15.5. The third kappa shape index (κ3) is 5.66. The van der Waals surface area contributed by atoms with Crippen molar-refractivity contribution in [2.24, 2.45) is 5.92 Å². The fourth-order valence-electron chi connectivity index (χ4n) is 3.58. The van der Waals surface area contributed by atoms with Crippen LogP contribution in [0.2, 0.25) is 0 Å². The molecule has 2 aromatic carbocycles. The Bertz CT molecular complexity index is 1020. The number of benzene rings is 2. The second-order valence-electron chi connectivity index (χ2n) is 8.10. The predicted octanol–water partition coefficient (Wildman–Crippen LogP) is 4.93. The minimum Gasteiger partial charge on any atom is -0.493 e. The molecule has 0 spiro atoms. The van der Waals surface area contributed by atoms with E-state index in [1.165, 1.54) is 0 Å². The molecule has 170 valence electrons. The standard InChI is InChI=1S/C25H31N3O4/c1-17(2)15-24(29)28(18(3)19-9-7-6-8-10-19)14-13-23-26-25(27-32-23)20-11-12-21(30-4)22(16-20)31-5/h6-12,16-18H,13-15H2,1-5H3/t18-/m0/s1. The summed E-state index contributed by atoms with van der Waals surface area (Å²) in [5.74, 6) is 2.59. The number of nitrogens with zero attached hydrogens (tertiary/aromatic N) is 3. The zero-order chi connectivity index (χ0) is 23.1. The average Bonchev–Trinajstić information content (AvgIpc) is 3.27. The fourth-order valence-corrected chi connectivity index (χ4v) is 3.58. The van der Waals surface area contributed by atoms with Gasteiger partial charge in [-0.05, 0) is 36.6 Å². The summed E-state index contributed by atoms with van der Waals surface area (Å²) in [5.41, 5.74) is 1.86. The molecule has 7 nitrogen and oxygen atoms in total. The van der Waals surface area contributed by atoms with Gasteiger partial charge in [-0.25, -0.2) is 0 Å². The van der Waals surface area contributed by atoms with Gasteiger partial charge in [0.15, 0.2) is 11.5 Å². The number of aromatic nitrogens is 2. The van der Waals surface area contributed by atoms with Crippen LogP contribution in [0.25, 0.3) is 11.4 Å². The number of methoxy groups -OCH3 is 2. The first kappa shape index (κ1) is 23.3. The van der Waals surface area contributed by atoms with Gasteiger partial charge in [0.2, 0.25) is 17.6 Å². The van der Waals surface area contributed by atoms with Crippen LogP contribution >= 0.6 is 0 Å². The lowest BCUT2D eigenvalue weighted by Gasteiger charge is -2.30. The van der Waals surface area contributed by atoms with Crippen molar-refractivity contribution < 1.29 is 18.8 Å². The molecule has 32 heavy (non-hydrogen) atoms. The summed E-state index contributed by atoms with van der Waals surface area (Å²) >= 11 is 0. The van der Waals surface area contributed by atoms with E-state index >= 15 is 0 Å². The van der Waals surface area contributed by atoms with Crippen molar-refractivity contribution >= 4 is 5.91 Å². The van der Waals surface area contributed by atoms with Gasteiger partial charge in [-0.2, -0.15) is 4.98 Å². The smallest absolute Gasteiger partial charge is 0.228 e. The first-order chi connectivity index (χ1) is 15.4. The Kier molecular flexibility index (Phi) is 7.87. The molecular weight excluding hydrogens is 406 g/mol. The largest absolute Gasteiger partial charge is 0.493 e. The van der Waals surface area contributed by atoms with Crippen LogP contribution in [0.3, 0.4) is 0 Å². The van der Waals surface area contributed by atoms with E-state index in [4.69, 9.17) is 14.0 Å². The summed E-state index contributed by atoms with van der Waals surface area (Å²) in [6.07, 6.45) is 0.971. The summed E-state index contributed by atoms with van der Waals surface area (Å²) in [7, 11) is 3.17. The van der Waals surface area contributed by atoms with Gasteiger partial charge in [-0.15, -0.1) is 0 Å². The van der Waals surface area contributed by atoms with E-state index < -0.39 is 0 Å². The van der Waals surface area contributed by atoms with Crippen molar-refractivity contribution in [2.75, 3.05) is 20.8 Å². The molecule has 0 N–H and O–H groups in total. The van der Waals surface area contributed by atoms with Crippen molar-refractivity contribution in [1.82, 2.24) is 15.0 Å². The topological polar surface area (TPSA) is 77.7 Å². The lowest BCUT2D eigenvalue weighted by molar-refractivity contribution is -0.134. The van der Waals surface area contributed by atoms with Crippen LogP contribution in [0.15, 0.2) is 53.1 Å². The van der Waals surface area contributed by atoms with E-state index in [9.17, 15) is 4.79 Å². The first-order valence-corrected chi connectivity index (χ1v) is 10.8. The molecule has 7 heteroatoms. The second kappa shape index (κ2) is 10.8. The third-order valence-corrected chi connectivity index (χ3v) is 5.33. The van der Waals surface area contributed by atoms with Gasteiger partial charge < -0.3 is 18.9 Å². The van der Waals surface area contributed by atoms with E-state index in [1.54, 1.807) is 20.3 Å². The monoisotopic (exact) mass is 437 g/mol. The zero-order valence-corrected chi connectivity index (χ0v) is 19.4. The van der Waals surface area contributed by atoms with Crippen LogP contribution in [0.4, 0.5) is 0 Å². The highest BCUT2D eigenvalue weighted by atomic mass is 16.5. The van der Waals surface area contributed by atoms with Gasteiger partial charge in [0.25, 0.3) is 0 Å². The van der Waals surface area contributed by atoms with Crippen molar-refractivity contribution in [2.45, 2.75) is 39.7 Å². The minimum atomic E-state index is -0.0457. The summed E-state index contributed by atoms with van der Waals surface area (Å²) < 4.78 is 16.1. The molecule has 1 aromatic heterocycles. The van der Waals surface area contributed by atoms with Gasteiger partial charge in [-0.1, -0.05) is 49.3 Å². The molecule has 3 rings (SSSR count). The molecule has 0 unspecified atom stereocenters. The Balaban J connectivity index is 1.75. The van der Waals surface area contributed by atoms with Gasteiger partial charge >= 0.3 is 0 Å². The van der Waals surface area contributed by atoms with Crippen molar-refractivity contribution in [3.8, 4) is 22.9 Å². The Morgan fingerprint density at radius 2 is 1.75 bits per heavy atom. The number of hydrogen-bond donors (Lipinski definition) is 0. The lowest BCUT2D eigenvalue weighted by Crippen LogP contribution is -2.36. The Morgan fingerprint density at radius 1 is 1.03 bits per heavy atom. The lowest BCUT2D eigenvalue weighted by atomic mass is 10.0. The van der Waals surface area contributed by atoms with Crippen molar-refractivity contribution in [3.05, 3.63) is 60.0 Å². The molecule has 0 aliphatic heterocycles. The van der Waals surface area contributed by atoms with E-state index in [1.807, 2.05) is 47.4 Å². The molecule has 1 atom stereocenters. The Hall–Kier alpha value is -3.35. The van der Waals surface area contributed by atoms with Gasteiger partial charge in [-0.3, -0.25) is 4.79 Å². The predicted molar refractivity (Wildman–Crippen MR) is 123 cm³/mol. The highest BCUT2D eigenvalue weighted by molar-refractivity contribution is 5.77. The number of carbonyl (C=O) groups excluding carboxylic acids is 1. The molecule has 0 saturated heterocycles. The maximum Gasteiger partial charge on any atom is 0.228 e. The van der Waals surface area contributed by atoms with Crippen molar-refractivity contribution in [1.29, 1.82) is 0 Å². The highest BCUT2D eigenvalue weighted by Crippen LogP contribution is 2.31. The zero-order valence-electron chi connectivity index (χ0n) is 19.4. The average molecular weight is 438 g/mol. The molecule has 0 radical (unpaired) electrons. The van der Waals surface area contributed by atoms with Crippen LogP contribution in [0.1, 0.15) is 44.7 Å². The van der Waals surface area contributed by atoms with Crippen LogP contribution < -0.4 is 9.47 Å². The number of ether oxygens (including phenoxy) is 2. The number of rotatable bonds is 10. The van der Waals surface area contributed by atoms with E-state index in [2.05, 4.69) is 30.9 Å². The SMILES string of the molecule is COc1ccc(-c2noc(CCN(C(=O)CC(C)C)[C@@H](C)c3ccccc3)n2)cc1OC. The molecule has 0 saturated carbocycles. The number of amides is 1. The summed E-state index contributed by atoms with van der Waals surface area (Å²) in [4.78, 5) is 19.4. The van der Waals surface area contributed by atoms with Crippen LogP contribution in [-0.2, 0) is 11.2 Å². The van der Waals surface area contributed by atoms with E-state index in [0.29, 0.717) is 42.6 Å². The maximum atomic E-state index is 13.0. The molecule has 0 aliphatic carbocycles. The summed E-state index contributed by atoms with van der Waals surface area (Å²) in [6.45, 7) is 6.65. The molecule has 0 fully saturated rings. The maximum absolute atomic E-state index is 13.0. The van der Waals surface area contributed by atoms with Gasteiger partial charge in [0.05, 0.1) is 20.3 Å².